The molecule has 0 aliphatic carbocycles. The summed E-state index contributed by atoms with van der Waals surface area (Å²) in [5.41, 5.74) is 6.83. The number of hydrogen-bond acceptors (Lipinski definition) is 2. The van der Waals surface area contributed by atoms with Gasteiger partial charge in [0.1, 0.15) is 0 Å². The highest BCUT2D eigenvalue weighted by Gasteiger charge is 2.02. The second-order valence-electron chi connectivity index (χ2n) is 2.72. The van der Waals surface area contributed by atoms with E-state index in [1.165, 1.54) is 0 Å². The van der Waals surface area contributed by atoms with Gasteiger partial charge in [0.2, 0.25) is 0 Å². The fourth-order valence-corrected chi connectivity index (χ4v) is 0.929. The van der Waals surface area contributed by atoms with Crippen LogP contribution in [-0.2, 0) is 0 Å². The summed E-state index contributed by atoms with van der Waals surface area (Å²) in [6, 6.07) is 6.53. The summed E-state index contributed by atoms with van der Waals surface area (Å²) < 4.78 is 0. The van der Waals surface area contributed by atoms with Crippen molar-refractivity contribution in [2.75, 3.05) is 0 Å². The maximum absolute atomic E-state index is 10.5. The van der Waals surface area contributed by atoms with Crippen molar-refractivity contribution in [2.45, 2.75) is 13.0 Å². The summed E-state index contributed by atoms with van der Waals surface area (Å²) in [4.78, 5) is 10.5. The lowest BCUT2D eigenvalue weighted by molar-refractivity contribution is 0.0697. The summed E-state index contributed by atoms with van der Waals surface area (Å²) in [5, 5.41) is 8.58. The molecule has 3 N–H and O–H groups in total. The average Bonchev–Trinajstić information content (AvgIpc) is 2.04. The van der Waals surface area contributed by atoms with Gasteiger partial charge in [-0.05, 0) is 24.6 Å². The number of hydrogen-bond donors (Lipinski definition) is 2. The Morgan fingerprint density at radius 1 is 1.38 bits per heavy atom. The van der Waals surface area contributed by atoms with E-state index in [4.69, 9.17) is 10.8 Å². The Labute approximate surface area is 83.0 Å². The molecule has 0 unspecified atom stereocenters. The van der Waals surface area contributed by atoms with E-state index in [1.807, 2.05) is 6.92 Å². The van der Waals surface area contributed by atoms with Crippen LogP contribution in [0.2, 0.25) is 0 Å². The maximum atomic E-state index is 10.5. The van der Waals surface area contributed by atoms with Crippen molar-refractivity contribution < 1.29 is 9.90 Å². The molecular formula is C9H12ClNO2. The molecule has 0 aliphatic heterocycles. The zero-order valence-electron chi connectivity index (χ0n) is 7.23. The van der Waals surface area contributed by atoms with Crippen molar-refractivity contribution in [1.29, 1.82) is 0 Å². The molecule has 1 rings (SSSR count). The molecule has 0 saturated heterocycles. The highest BCUT2D eigenvalue weighted by atomic mass is 35.5. The Hall–Kier alpha value is -1.06. The smallest absolute Gasteiger partial charge is 0.335 e. The second-order valence-corrected chi connectivity index (χ2v) is 2.72. The minimum Gasteiger partial charge on any atom is -0.478 e. The van der Waals surface area contributed by atoms with E-state index in [0.29, 0.717) is 5.56 Å². The number of carboxylic acid groups (broad SMARTS) is 1. The molecule has 0 aromatic heterocycles. The van der Waals surface area contributed by atoms with Gasteiger partial charge >= 0.3 is 5.97 Å². The van der Waals surface area contributed by atoms with Crippen molar-refractivity contribution in [2.24, 2.45) is 5.73 Å². The van der Waals surface area contributed by atoms with Gasteiger partial charge in [0.15, 0.2) is 0 Å². The van der Waals surface area contributed by atoms with Gasteiger partial charge in [0, 0.05) is 6.04 Å². The van der Waals surface area contributed by atoms with Crippen LogP contribution in [0.1, 0.15) is 28.9 Å². The van der Waals surface area contributed by atoms with E-state index in [-0.39, 0.29) is 18.4 Å². The number of nitrogens with two attached hydrogens (primary N) is 1. The van der Waals surface area contributed by atoms with Crippen LogP contribution < -0.4 is 5.73 Å². The first-order valence-corrected chi connectivity index (χ1v) is 3.70. The predicted octanol–water partition coefficient (Wildman–Crippen LogP) is 1.83. The third-order valence-electron chi connectivity index (χ3n) is 1.68. The van der Waals surface area contributed by atoms with Crippen LogP contribution in [0.4, 0.5) is 0 Å². The molecule has 0 aliphatic rings. The second kappa shape index (κ2) is 4.84. The third-order valence-corrected chi connectivity index (χ3v) is 1.68. The number of rotatable bonds is 2. The first-order chi connectivity index (χ1) is 5.61. The molecular weight excluding hydrogens is 190 g/mol. The lowest BCUT2D eigenvalue weighted by atomic mass is 10.1. The SMILES string of the molecule is C[C@H](N)c1ccc(C(=O)O)cc1.Cl. The molecule has 1 aromatic carbocycles. The number of carbonyl (C=O) groups is 1. The van der Waals surface area contributed by atoms with Crippen molar-refractivity contribution in [3.05, 3.63) is 35.4 Å². The van der Waals surface area contributed by atoms with Gasteiger partial charge in [-0.2, -0.15) is 0 Å². The van der Waals surface area contributed by atoms with E-state index < -0.39 is 5.97 Å². The summed E-state index contributed by atoms with van der Waals surface area (Å²) in [6.45, 7) is 1.86. The van der Waals surface area contributed by atoms with Gasteiger partial charge in [-0.3, -0.25) is 0 Å². The molecule has 0 bridgehead atoms. The zero-order valence-corrected chi connectivity index (χ0v) is 8.04. The van der Waals surface area contributed by atoms with Crippen LogP contribution in [0.25, 0.3) is 0 Å². The Morgan fingerprint density at radius 2 is 1.85 bits per heavy atom. The van der Waals surface area contributed by atoms with Crippen LogP contribution in [0.3, 0.4) is 0 Å². The molecule has 13 heavy (non-hydrogen) atoms. The van der Waals surface area contributed by atoms with Gasteiger partial charge < -0.3 is 10.8 Å². The average molecular weight is 202 g/mol. The summed E-state index contributed by atoms with van der Waals surface area (Å²) in [5.74, 6) is -0.911. The minimum atomic E-state index is -0.911. The summed E-state index contributed by atoms with van der Waals surface area (Å²) in [7, 11) is 0. The molecule has 0 amide bonds. The highest BCUT2D eigenvalue weighted by Crippen LogP contribution is 2.10. The molecule has 72 valence electrons. The van der Waals surface area contributed by atoms with Crippen molar-refractivity contribution in [1.82, 2.24) is 0 Å². The standard InChI is InChI=1S/C9H11NO2.ClH/c1-6(10)7-2-4-8(5-3-7)9(11)12;/h2-6H,10H2,1H3,(H,11,12);1H/t6-;/m0./s1. The molecule has 0 spiro atoms. The fraction of sp³-hybridized carbons (Fsp3) is 0.222. The van der Waals surface area contributed by atoms with Crippen LogP contribution in [0.15, 0.2) is 24.3 Å². The van der Waals surface area contributed by atoms with E-state index in [2.05, 4.69) is 0 Å². The number of halogens is 1. The van der Waals surface area contributed by atoms with Crippen molar-refractivity contribution >= 4 is 18.4 Å². The lowest BCUT2D eigenvalue weighted by Crippen LogP contribution is -2.05. The molecule has 0 saturated carbocycles. The maximum Gasteiger partial charge on any atom is 0.335 e. The monoisotopic (exact) mass is 201 g/mol. The van der Waals surface area contributed by atoms with Crippen molar-refractivity contribution in [3.63, 3.8) is 0 Å². The van der Waals surface area contributed by atoms with Crippen LogP contribution in [-0.4, -0.2) is 11.1 Å². The van der Waals surface area contributed by atoms with Gasteiger partial charge in [-0.25, -0.2) is 4.79 Å². The van der Waals surface area contributed by atoms with E-state index in [1.54, 1.807) is 24.3 Å². The predicted molar refractivity (Wildman–Crippen MR) is 53.3 cm³/mol. The highest BCUT2D eigenvalue weighted by molar-refractivity contribution is 5.87. The Kier molecular flexibility index (Phi) is 4.45. The Bertz CT molecular complexity index is 282. The minimum absolute atomic E-state index is 0. The quantitative estimate of drug-likeness (QED) is 0.768. The van der Waals surface area contributed by atoms with Gasteiger partial charge in [-0.1, -0.05) is 12.1 Å². The van der Waals surface area contributed by atoms with Crippen molar-refractivity contribution in [3.8, 4) is 0 Å². The number of benzene rings is 1. The number of aromatic carboxylic acids is 1. The first kappa shape index (κ1) is 11.9. The van der Waals surface area contributed by atoms with E-state index >= 15 is 0 Å². The van der Waals surface area contributed by atoms with Crippen LogP contribution in [0, 0.1) is 0 Å². The topological polar surface area (TPSA) is 63.3 Å². The Balaban J connectivity index is 0.00000144. The molecule has 0 fully saturated rings. The molecule has 0 radical (unpaired) electrons. The third kappa shape index (κ3) is 3.05. The first-order valence-electron chi connectivity index (χ1n) is 3.70. The van der Waals surface area contributed by atoms with Gasteiger partial charge in [-0.15, -0.1) is 12.4 Å². The zero-order chi connectivity index (χ0) is 9.14. The molecule has 1 aromatic rings. The Morgan fingerprint density at radius 3 is 2.15 bits per heavy atom. The summed E-state index contributed by atoms with van der Waals surface area (Å²) >= 11 is 0. The molecule has 4 heteroatoms. The molecule has 0 heterocycles. The molecule has 3 nitrogen and oxygen atoms in total. The van der Waals surface area contributed by atoms with Crippen LogP contribution >= 0.6 is 12.4 Å². The normalized spacial score (nSPS) is 11.5. The molecule has 1 atom stereocenters. The van der Waals surface area contributed by atoms with Crippen LogP contribution in [0.5, 0.6) is 0 Å². The van der Waals surface area contributed by atoms with Gasteiger partial charge in [0.05, 0.1) is 5.56 Å². The van der Waals surface area contributed by atoms with Gasteiger partial charge in [0.25, 0.3) is 0 Å². The van der Waals surface area contributed by atoms with E-state index in [9.17, 15) is 4.79 Å². The van der Waals surface area contributed by atoms with E-state index in [0.717, 1.165) is 5.56 Å². The fourth-order valence-electron chi connectivity index (χ4n) is 0.929. The largest absolute Gasteiger partial charge is 0.478 e. The lowest BCUT2D eigenvalue weighted by Gasteiger charge is -2.04. The summed E-state index contributed by atoms with van der Waals surface area (Å²) in [6.07, 6.45) is 0. The number of carboxylic acids is 1.